The molecule has 3 aromatic rings. The van der Waals surface area contributed by atoms with Crippen molar-refractivity contribution in [3.8, 4) is 5.69 Å². The highest BCUT2D eigenvalue weighted by Gasteiger charge is 2.28. The summed E-state index contributed by atoms with van der Waals surface area (Å²) >= 11 is 6.33. The third-order valence-electron chi connectivity index (χ3n) is 6.24. The van der Waals surface area contributed by atoms with Gasteiger partial charge in [0.05, 0.1) is 11.4 Å². The van der Waals surface area contributed by atoms with Crippen LogP contribution < -0.4 is 5.32 Å². The van der Waals surface area contributed by atoms with Gasteiger partial charge in [-0.25, -0.2) is 9.48 Å². The Balaban J connectivity index is 1.41. The van der Waals surface area contributed by atoms with Gasteiger partial charge in [0, 0.05) is 27.9 Å². The molecule has 0 aliphatic heterocycles. The molecule has 2 unspecified atom stereocenters. The zero-order valence-electron chi connectivity index (χ0n) is 19.7. The molecule has 2 aromatic carbocycles. The molecule has 5 nitrogen and oxygen atoms in total. The third-order valence-corrected chi connectivity index (χ3v) is 6.65. The Morgan fingerprint density at radius 2 is 1.85 bits per heavy atom. The van der Waals surface area contributed by atoms with E-state index in [-0.39, 0.29) is 12.0 Å². The lowest BCUT2D eigenvalue weighted by atomic mass is 9.96. The van der Waals surface area contributed by atoms with Gasteiger partial charge in [-0.1, -0.05) is 49.7 Å². The van der Waals surface area contributed by atoms with Crippen LogP contribution >= 0.6 is 11.6 Å². The monoisotopic (exact) mass is 463 g/mol. The van der Waals surface area contributed by atoms with Crippen molar-refractivity contribution in [2.45, 2.75) is 59.0 Å². The van der Waals surface area contributed by atoms with Crippen molar-refractivity contribution in [3.05, 3.63) is 87.7 Å². The van der Waals surface area contributed by atoms with Gasteiger partial charge in [0.1, 0.15) is 6.10 Å². The lowest BCUT2D eigenvalue weighted by Gasteiger charge is -2.15. The number of allylic oxidation sites excluding steroid dienone is 1. The standard InChI is InChI=1S/C27H30ClN3O2/c1-16(2)20-7-10-22(11-8-20)29-27(32)33-24-13-9-21(14-24)26-18(4)30-31(19(26)5)23-12-6-17(3)25(28)15-23/h6-13,15-16,21,24H,14H2,1-5H3,(H,29,32). The van der Waals surface area contributed by atoms with Crippen LogP contribution in [0, 0.1) is 20.8 Å². The number of hydrogen-bond acceptors (Lipinski definition) is 3. The first kappa shape index (κ1) is 23.1. The van der Waals surface area contributed by atoms with E-state index < -0.39 is 6.09 Å². The van der Waals surface area contributed by atoms with Crippen molar-refractivity contribution in [2.75, 3.05) is 5.32 Å². The van der Waals surface area contributed by atoms with E-state index in [1.807, 2.05) is 67.1 Å². The van der Waals surface area contributed by atoms with Crippen LogP contribution in [0.25, 0.3) is 5.69 Å². The normalized spacial score (nSPS) is 17.5. The second-order valence-electron chi connectivity index (χ2n) is 9.00. The number of carbonyl (C=O) groups is 1. The SMILES string of the molecule is Cc1ccc(-n2nc(C)c(C3C=CC(OC(=O)Nc4ccc(C(C)C)cc4)C3)c2C)cc1Cl. The lowest BCUT2D eigenvalue weighted by molar-refractivity contribution is 0.132. The van der Waals surface area contributed by atoms with Crippen LogP contribution in [0.4, 0.5) is 10.5 Å². The molecule has 2 atom stereocenters. The topological polar surface area (TPSA) is 56.2 Å². The summed E-state index contributed by atoms with van der Waals surface area (Å²) in [6.07, 6.45) is 4.05. The van der Waals surface area contributed by atoms with Gasteiger partial charge in [-0.05, 0) is 74.6 Å². The number of nitrogens with zero attached hydrogens (tertiary/aromatic N) is 2. The minimum atomic E-state index is -0.443. The zero-order chi connectivity index (χ0) is 23.7. The summed E-state index contributed by atoms with van der Waals surface area (Å²) in [7, 11) is 0. The molecule has 172 valence electrons. The number of halogens is 1. The van der Waals surface area contributed by atoms with Gasteiger partial charge in [0.2, 0.25) is 0 Å². The van der Waals surface area contributed by atoms with Crippen LogP contribution in [0.15, 0.2) is 54.6 Å². The summed E-state index contributed by atoms with van der Waals surface area (Å²) in [5.41, 5.74) is 7.14. The second-order valence-corrected chi connectivity index (χ2v) is 9.41. The summed E-state index contributed by atoms with van der Waals surface area (Å²) in [6.45, 7) is 10.4. The molecule has 0 fully saturated rings. The Kier molecular flexibility index (Phi) is 6.61. The van der Waals surface area contributed by atoms with Crippen LogP contribution in [0.2, 0.25) is 5.02 Å². The van der Waals surface area contributed by atoms with E-state index in [0.717, 1.165) is 33.3 Å². The molecule has 0 saturated carbocycles. The number of carbonyl (C=O) groups excluding carboxylic acids is 1. The maximum atomic E-state index is 12.4. The van der Waals surface area contributed by atoms with Crippen molar-refractivity contribution < 1.29 is 9.53 Å². The highest BCUT2D eigenvalue weighted by atomic mass is 35.5. The van der Waals surface area contributed by atoms with E-state index in [1.165, 1.54) is 11.1 Å². The van der Waals surface area contributed by atoms with Gasteiger partial charge in [0.25, 0.3) is 0 Å². The fourth-order valence-corrected chi connectivity index (χ4v) is 4.53. The summed E-state index contributed by atoms with van der Waals surface area (Å²) < 4.78 is 7.60. The molecule has 1 N–H and O–H groups in total. The molecule has 0 saturated heterocycles. The smallest absolute Gasteiger partial charge is 0.412 e. The molecule has 1 heterocycles. The van der Waals surface area contributed by atoms with Gasteiger partial charge < -0.3 is 4.74 Å². The summed E-state index contributed by atoms with van der Waals surface area (Å²) in [5, 5.41) is 8.31. The number of amides is 1. The van der Waals surface area contributed by atoms with E-state index >= 15 is 0 Å². The summed E-state index contributed by atoms with van der Waals surface area (Å²) in [5.74, 6) is 0.591. The molecule has 0 spiro atoms. The maximum Gasteiger partial charge on any atom is 0.412 e. The van der Waals surface area contributed by atoms with Crippen LogP contribution in [-0.4, -0.2) is 22.0 Å². The number of hydrogen-bond donors (Lipinski definition) is 1. The molecule has 1 aliphatic rings. The predicted octanol–water partition coefficient (Wildman–Crippen LogP) is 7.24. The summed E-state index contributed by atoms with van der Waals surface area (Å²) in [6, 6.07) is 13.8. The molecule has 4 rings (SSSR count). The predicted molar refractivity (Wildman–Crippen MR) is 134 cm³/mol. The van der Waals surface area contributed by atoms with Gasteiger partial charge in [-0.15, -0.1) is 0 Å². The molecule has 1 aromatic heterocycles. The van der Waals surface area contributed by atoms with Crippen molar-refractivity contribution in [1.82, 2.24) is 9.78 Å². The zero-order valence-corrected chi connectivity index (χ0v) is 20.5. The Morgan fingerprint density at radius 1 is 1.12 bits per heavy atom. The Hall–Kier alpha value is -3.05. The molecular weight excluding hydrogens is 434 g/mol. The number of ether oxygens (including phenoxy) is 1. The van der Waals surface area contributed by atoms with E-state index in [4.69, 9.17) is 21.4 Å². The second kappa shape index (κ2) is 9.44. The van der Waals surface area contributed by atoms with Crippen LogP contribution in [-0.2, 0) is 4.74 Å². The molecule has 1 aliphatic carbocycles. The highest BCUT2D eigenvalue weighted by Crippen LogP contribution is 2.35. The van der Waals surface area contributed by atoms with Crippen LogP contribution in [0.5, 0.6) is 0 Å². The fourth-order valence-electron chi connectivity index (χ4n) is 4.36. The van der Waals surface area contributed by atoms with Gasteiger partial charge >= 0.3 is 6.09 Å². The first-order chi connectivity index (χ1) is 15.7. The average molecular weight is 464 g/mol. The quantitative estimate of drug-likeness (QED) is 0.406. The minimum Gasteiger partial charge on any atom is -0.442 e. The average Bonchev–Trinajstić information content (AvgIpc) is 3.33. The van der Waals surface area contributed by atoms with Gasteiger partial charge in [-0.3, -0.25) is 5.32 Å². The number of anilines is 1. The number of nitrogens with one attached hydrogen (secondary N) is 1. The third kappa shape index (κ3) is 4.98. The Morgan fingerprint density at radius 3 is 2.52 bits per heavy atom. The first-order valence-electron chi connectivity index (χ1n) is 11.3. The van der Waals surface area contributed by atoms with E-state index in [1.54, 1.807) is 0 Å². The van der Waals surface area contributed by atoms with E-state index in [9.17, 15) is 4.79 Å². The number of rotatable bonds is 5. The number of aromatic nitrogens is 2. The molecule has 0 bridgehead atoms. The van der Waals surface area contributed by atoms with Gasteiger partial charge in [0.15, 0.2) is 0 Å². The van der Waals surface area contributed by atoms with E-state index in [2.05, 4.69) is 32.2 Å². The first-order valence-corrected chi connectivity index (χ1v) is 11.7. The molecule has 33 heavy (non-hydrogen) atoms. The molecule has 0 radical (unpaired) electrons. The largest absolute Gasteiger partial charge is 0.442 e. The molecular formula is C27H30ClN3O2. The Bertz CT molecular complexity index is 1190. The van der Waals surface area contributed by atoms with Gasteiger partial charge in [-0.2, -0.15) is 5.10 Å². The maximum absolute atomic E-state index is 12.4. The van der Waals surface area contributed by atoms with Crippen LogP contribution in [0.1, 0.15) is 60.2 Å². The van der Waals surface area contributed by atoms with E-state index in [0.29, 0.717) is 12.3 Å². The lowest BCUT2D eigenvalue weighted by Crippen LogP contribution is -2.20. The van der Waals surface area contributed by atoms with Crippen LogP contribution in [0.3, 0.4) is 0 Å². The fraction of sp³-hybridized carbons (Fsp3) is 0.333. The Labute approximate surface area is 200 Å². The van der Waals surface area contributed by atoms with Crippen molar-refractivity contribution >= 4 is 23.4 Å². The molecule has 1 amide bonds. The minimum absolute atomic E-state index is 0.141. The van der Waals surface area contributed by atoms with Crippen molar-refractivity contribution in [1.29, 1.82) is 0 Å². The highest BCUT2D eigenvalue weighted by molar-refractivity contribution is 6.31. The summed E-state index contributed by atoms with van der Waals surface area (Å²) in [4.78, 5) is 12.4. The van der Waals surface area contributed by atoms with Crippen molar-refractivity contribution in [3.63, 3.8) is 0 Å². The number of aryl methyl sites for hydroxylation is 2. The molecule has 6 heteroatoms. The van der Waals surface area contributed by atoms with Crippen molar-refractivity contribution in [2.24, 2.45) is 0 Å². The number of benzene rings is 2.